The lowest BCUT2D eigenvalue weighted by Crippen LogP contribution is -2.06. The van der Waals surface area contributed by atoms with Gasteiger partial charge in [0, 0.05) is 34.9 Å². The van der Waals surface area contributed by atoms with Crippen LogP contribution in [0.2, 0.25) is 0 Å². The summed E-state index contributed by atoms with van der Waals surface area (Å²) in [5, 5.41) is 6.53. The van der Waals surface area contributed by atoms with Gasteiger partial charge in [0.1, 0.15) is 0 Å². The lowest BCUT2D eigenvalue weighted by molar-refractivity contribution is -0.110. The van der Waals surface area contributed by atoms with Crippen LogP contribution in [0.25, 0.3) is 34.4 Å². The molecule has 4 aromatic carbocycles. The van der Waals surface area contributed by atoms with Crippen molar-refractivity contribution in [2.45, 2.75) is 0 Å². The standard InChI is InChI=1S/C34H24N2O2/c37-33-19-13-25-5-1-3-7-29(25)31(33)21-35-27-15-9-23(10-16-27)24-11-17-28(18-12-24)36-22-32-30-8-4-2-6-26(30)14-20-34(32)38/h1-22,35-36H/b31-21-,32-22-. The SMILES string of the molecule is O=C1C=Cc2ccccc2/C1=C/Nc1ccc(-c2ccc(N/C=C3\C(=O)C=Cc4ccccc43)cc2)cc1. The summed E-state index contributed by atoms with van der Waals surface area (Å²) in [6, 6.07) is 31.9. The van der Waals surface area contributed by atoms with E-state index in [4.69, 9.17) is 0 Å². The van der Waals surface area contributed by atoms with Crippen LogP contribution in [0.4, 0.5) is 11.4 Å². The Morgan fingerprint density at radius 1 is 0.447 bits per heavy atom. The zero-order valence-corrected chi connectivity index (χ0v) is 20.5. The third-order valence-corrected chi connectivity index (χ3v) is 6.73. The largest absolute Gasteiger partial charge is 0.361 e. The van der Waals surface area contributed by atoms with Gasteiger partial charge >= 0.3 is 0 Å². The van der Waals surface area contributed by atoms with E-state index >= 15 is 0 Å². The first-order valence-electron chi connectivity index (χ1n) is 12.4. The Labute approximate surface area is 221 Å². The van der Waals surface area contributed by atoms with Gasteiger partial charge in [0.15, 0.2) is 11.6 Å². The number of ketones is 2. The molecule has 4 aromatic rings. The van der Waals surface area contributed by atoms with Crippen molar-refractivity contribution in [2.24, 2.45) is 0 Å². The van der Waals surface area contributed by atoms with E-state index in [0.717, 1.165) is 44.8 Å². The van der Waals surface area contributed by atoms with E-state index in [9.17, 15) is 9.59 Å². The number of allylic oxidation sites excluding steroid dienone is 4. The maximum absolute atomic E-state index is 12.4. The highest BCUT2D eigenvalue weighted by molar-refractivity contribution is 6.30. The van der Waals surface area contributed by atoms with Crippen LogP contribution in [-0.4, -0.2) is 11.6 Å². The molecule has 0 aliphatic heterocycles. The molecule has 0 fully saturated rings. The molecule has 0 aromatic heterocycles. The molecule has 0 saturated heterocycles. The zero-order valence-electron chi connectivity index (χ0n) is 20.5. The summed E-state index contributed by atoms with van der Waals surface area (Å²) in [7, 11) is 0. The molecule has 0 saturated carbocycles. The summed E-state index contributed by atoms with van der Waals surface area (Å²) in [6.07, 6.45) is 10.5. The lowest BCUT2D eigenvalue weighted by atomic mass is 9.92. The minimum atomic E-state index is -0.00862. The van der Waals surface area contributed by atoms with Gasteiger partial charge in [-0.3, -0.25) is 9.59 Å². The molecule has 0 spiro atoms. The molecule has 2 N–H and O–H groups in total. The molecule has 182 valence electrons. The Hall–Kier alpha value is -5.22. The maximum Gasteiger partial charge on any atom is 0.187 e. The number of fused-ring (bicyclic) bond motifs is 2. The summed E-state index contributed by atoms with van der Waals surface area (Å²) in [5.74, 6) is -0.0172. The normalized spacial score (nSPS) is 15.9. The van der Waals surface area contributed by atoms with Crippen LogP contribution in [0.5, 0.6) is 0 Å². The maximum atomic E-state index is 12.4. The summed E-state index contributed by atoms with van der Waals surface area (Å²) < 4.78 is 0. The highest BCUT2D eigenvalue weighted by atomic mass is 16.1. The molecule has 2 aliphatic rings. The lowest BCUT2D eigenvalue weighted by Gasteiger charge is -2.14. The first-order chi connectivity index (χ1) is 18.7. The van der Waals surface area contributed by atoms with Crippen molar-refractivity contribution in [3.8, 4) is 11.1 Å². The molecule has 6 rings (SSSR count). The first kappa shape index (κ1) is 23.2. The van der Waals surface area contributed by atoms with E-state index in [1.807, 2.05) is 109 Å². The average Bonchev–Trinajstić information content (AvgIpc) is 2.97. The number of carbonyl (C=O) groups excluding carboxylic acids is 2. The van der Waals surface area contributed by atoms with Gasteiger partial charge in [-0.15, -0.1) is 0 Å². The molecule has 38 heavy (non-hydrogen) atoms. The monoisotopic (exact) mass is 492 g/mol. The molecule has 0 heterocycles. The number of nitrogens with one attached hydrogen (secondary N) is 2. The molecule has 4 heteroatoms. The van der Waals surface area contributed by atoms with Crippen molar-refractivity contribution >= 4 is 46.2 Å². The number of benzene rings is 4. The fraction of sp³-hybridized carbons (Fsp3) is 0. The van der Waals surface area contributed by atoms with Gasteiger partial charge < -0.3 is 10.6 Å². The quantitative estimate of drug-likeness (QED) is 0.284. The Kier molecular flexibility index (Phi) is 6.12. The highest BCUT2D eigenvalue weighted by Gasteiger charge is 2.17. The number of carbonyl (C=O) groups is 2. The van der Waals surface area contributed by atoms with Crippen molar-refractivity contribution in [3.63, 3.8) is 0 Å². The molecule has 0 amide bonds. The molecule has 0 bridgehead atoms. The van der Waals surface area contributed by atoms with Crippen molar-refractivity contribution in [2.75, 3.05) is 10.6 Å². The summed E-state index contributed by atoms with van der Waals surface area (Å²) >= 11 is 0. The van der Waals surface area contributed by atoms with Crippen molar-refractivity contribution < 1.29 is 9.59 Å². The van der Waals surface area contributed by atoms with Gasteiger partial charge in [-0.05, 0) is 69.8 Å². The van der Waals surface area contributed by atoms with Crippen LogP contribution in [0.15, 0.2) is 122 Å². The fourth-order valence-electron chi connectivity index (χ4n) is 4.68. The number of rotatable bonds is 5. The zero-order chi connectivity index (χ0) is 25.9. The fourth-order valence-corrected chi connectivity index (χ4v) is 4.68. The van der Waals surface area contributed by atoms with E-state index in [1.54, 1.807) is 24.6 Å². The Morgan fingerprint density at radius 3 is 1.26 bits per heavy atom. The van der Waals surface area contributed by atoms with Gasteiger partial charge in [0.05, 0.1) is 0 Å². The molecule has 0 atom stereocenters. The van der Waals surface area contributed by atoms with Crippen LogP contribution >= 0.6 is 0 Å². The third-order valence-electron chi connectivity index (χ3n) is 6.73. The van der Waals surface area contributed by atoms with E-state index in [-0.39, 0.29) is 11.6 Å². The molecular weight excluding hydrogens is 468 g/mol. The topological polar surface area (TPSA) is 58.2 Å². The van der Waals surface area contributed by atoms with E-state index in [0.29, 0.717) is 11.1 Å². The predicted octanol–water partition coefficient (Wildman–Crippen LogP) is 7.45. The Bertz CT molecular complexity index is 1540. The highest BCUT2D eigenvalue weighted by Crippen LogP contribution is 2.29. The average molecular weight is 493 g/mol. The van der Waals surface area contributed by atoms with Crippen LogP contribution in [0, 0.1) is 0 Å². The van der Waals surface area contributed by atoms with Gasteiger partial charge in [-0.25, -0.2) is 0 Å². The first-order valence-corrected chi connectivity index (χ1v) is 12.4. The van der Waals surface area contributed by atoms with Crippen LogP contribution in [0.3, 0.4) is 0 Å². The van der Waals surface area contributed by atoms with Gasteiger partial charge in [0.25, 0.3) is 0 Å². The third kappa shape index (κ3) is 4.63. The Morgan fingerprint density at radius 2 is 0.842 bits per heavy atom. The van der Waals surface area contributed by atoms with Gasteiger partial charge in [0.2, 0.25) is 0 Å². The van der Waals surface area contributed by atoms with E-state index in [1.165, 1.54) is 0 Å². The minimum Gasteiger partial charge on any atom is -0.361 e. The minimum absolute atomic E-state index is 0.00862. The van der Waals surface area contributed by atoms with Crippen LogP contribution in [-0.2, 0) is 9.59 Å². The predicted molar refractivity (Wildman–Crippen MR) is 156 cm³/mol. The van der Waals surface area contributed by atoms with E-state index in [2.05, 4.69) is 10.6 Å². The Balaban J connectivity index is 1.14. The van der Waals surface area contributed by atoms with Crippen molar-refractivity contribution in [3.05, 3.63) is 144 Å². The molecular formula is C34H24N2O2. The van der Waals surface area contributed by atoms with Gasteiger partial charge in [-0.2, -0.15) is 0 Å². The van der Waals surface area contributed by atoms with Gasteiger partial charge in [-0.1, -0.05) is 84.9 Å². The second-order valence-electron chi connectivity index (χ2n) is 9.13. The second kappa shape index (κ2) is 10.0. The van der Waals surface area contributed by atoms with Crippen LogP contribution in [0.1, 0.15) is 22.3 Å². The second-order valence-corrected chi connectivity index (χ2v) is 9.13. The van der Waals surface area contributed by atoms with Crippen LogP contribution < -0.4 is 10.6 Å². The van der Waals surface area contributed by atoms with Crippen molar-refractivity contribution in [1.82, 2.24) is 0 Å². The molecule has 0 radical (unpaired) electrons. The number of hydrogen-bond donors (Lipinski definition) is 2. The molecule has 4 nitrogen and oxygen atoms in total. The smallest absolute Gasteiger partial charge is 0.187 e. The summed E-state index contributed by atoms with van der Waals surface area (Å²) in [6.45, 7) is 0. The molecule has 2 aliphatic carbocycles. The number of hydrogen-bond acceptors (Lipinski definition) is 4. The molecule has 0 unspecified atom stereocenters. The van der Waals surface area contributed by atoms with Crippen molar-refractivity contribution in [1.29, 1.82) is 0 Å². The number of anilines is 2. The summed E-state index contributed by atoms with van der Waals surface area (Å²) in [4.78, 5) is 24.9. The van der Waals surface area contributed by atoms with E-state index < -0.39 is 0 Å². The summed E-state index contributed by atoms with van der Waals surface area (Å²) in [5.41, 5.74) is 9.21.